The van der Waals surface area contributed by atoms with E-state index < -0.39 is 11.9 Å². The maximum atomic E-state index is 12.6. The van der Waals surface area contributed by atoms with E-state index >= 15 is 0 Å². The summed E-state index contributed by atoms with van der Waals surface area (Å²) in [5, 5.41) is 9.67. The van der Waals surface area contributed by atoms with Gasteiger partial charge in [0.25, 0.3) is 0 Å². The molecule has 1 amide bonds. The van der Waals surface area contributed by atoms with Crippen LogP contribution in [0, 0.1) is 11.8 Å². The van der Waals surface area contributed by atoms with E-state index in [4.69, 9.17) is 16.7 Å². The van der Waals surface area contributed by atoms with E-state index in [1.165, 1.54) is 0 Å². The Morgan fingerprint density at radius 3 is 2.57 bits per heavy atom. The van der Waals surface area contributed by atoms with Gasteiger partial charge in [-0.05, 0) is 24.1 Å². The fraction of sp³-hybridized carbons (Fsp3) is 0.467. The first-order chi connectivity index (χ1) is 10.1. The Hall–Kier alpha value is -1.20. The maximum absolute atomic E-state index is 12.6. The number of rotatable bonds is 3. The number of amides is 1. The van der Waals surface area contributed by atoms with Gasteiger partial charge in [-0.25, -0.2) is 0 Å². The van der Waals surface area contributed by atoms with Crippen LogP contribution in [0.1, 0.15) is 18.0 Å². The average Bonchev–Trinajstić information content (AvgIpc) is 3.28. The van der Waals surface area contributed by atoms with Crippen LogP contribution in [0.2, 0.25) is 5.02 Å². The van der Waals surface area contributed by atoms with Gasteiger partial charge in [0.2, 0.25) is 5.91 Å². The van der Waals surface area contributed by atoms with Crippen LogP contribution in [0.5, 0.6) is 0 Å². The number of hydrogen-bond acceptors (Lipinski definition) is 3. The first-order valence-corrected chi connectivity index (χ1v) is 8.47. The third kappa shape index (κ3) is 3.04. The standard InChI is InChI=1S/C15H16ClNO3S/c16-10-3-1-9(2-4-10)13-8-21-6-5-17(13)14(18)11-7-12(11)15(19)20/h1-4,11-13H,5-8H2,(H,19,20). The molecule has 6 heteroatoms. The van der Waals surface area contributed by atoms with Crippen molar-refractivity contribution in [3.63, 3.8) is 0 Å². The average molecular weight is 326 g/mol. The number of thioether (sulfide) groups is 1. The molecule has 2 aliphatic rings. The van der Waals surface area contributed by atoms with Crippen molar-refractivity contribution in [2.45, 2.75) is 12.5 Å². The highest BCUT2D eigenvalue weighted by atomic mass is 35.5. The number of carbonyl (C=O) groups excluding carboxylic acids is 1. The number of carboxylic acid groups (broad SMARTS) is 1. The van der Waals surface area contributed by atoms with E-state index in [-0.39, 0.29) is 17.9 Å². The quantitative estimate of drug-likeness (QED) is 0.928. The Balaban J connectivity index is 1.77. The van der Waals surface area contributed by atoms with Gasteiger partial charge in [0, 0.05) is 23.1 Å². The van der Waals surface area contributed by atoms with Crippen molar-refractivity contribution in [3.8, 4) is 0 Å². The molecule has 1 aromatic rings. The Morgan fingerprint density at radius 2 is 1.95 bits per heavy atom. The summed E-state index contributed by atoms with van der Waals surface area (Å²) in [6.07, 6.45) is 0.477. The van der Waals surface area contributed by atoms with Crippen molar-refractivity contribution >= 4 is 35.2 Å². The first-order valence-electron chi connectivity index (χ1n) is 6.94. The number of nitrogens with zero attached hydrogens (tertiary/aromatic N) is 1. The number of carboxylic acids is 1. The Morgan fingerprint density at radius 1 is 1.24 bits per heavy atom. The second-order valence-corrected chi connectivity index (χ2v) is 7.05. The molecule has 3 unspecified atom stereocenters. The van der Waals surface area contributed by atoms with E-state index in [9.17, 15) is 9.59 Å². The van der Waals surface area contributed by atoms with E-state index in [0.717, 1.165) is 17.1 Å². The van der Waals surface area contributed by atoms with Crippen molar-refractivity contribution in [3.05, 3.63) is 34.9 Å². The molecule has 0 bridgehead atoms. The number of hydrogen-bond donors (Lipinski definition) is 1. The van der Waals surface area contributed by atoms with Gasteiger partial charge in [-0.15, -0.1) is 0 Å². The molecule has 2 fully saturated rings. The van der Waals surface area contributed by atoms with Crippen molar-refractivity contribution in [1.29, 1.82) is 0 Å². The lowest BCUT2D eigenvalue weighted by molar-refractivity contribution is -0.142. The van der Waals surface area contributed by atoms with Crippen LogP contribution in [-0.4, -0.2) is 39.9 Å². The van der Waals surface area contributed by atoms with Gasteiger partial charge < -0.3 is 10.0 Å². The van der Waals surface area contributed by atoms with E-state index in [2.05, 4.69) is 0 Å². The molecular formula is C15H16ClNO3S. The summed E-state index contributed by atoms with van der Waals surface area (Å²) in [6, 6.07) is 7.57. The molecule has 112 valence electrons. The fourth-order valence-electron chi connectivity index (χ4n) is 2.78. The van der Waals surface area contributed by atoms with E-state index in [0.29, 0.717) is 18.0 Å². The molecule has 1 N–H and O–H groups in total. The lowest BCUT2D eigenvalue weighted by Gasteiger charge is -2.36. The zero-order valence-electron chi connectivity index (χ0n) is 11.4. The molecule has 3 rings (SSSR count). The Kier molecular flexibility index (Phi) is 4.13. The summed E-state index contributed by atoms with van der Waals surface area (Å²) >= 11 is 7.73. The van der Waals surface area contributed by atoms with Crippen LogP contribution in [0.25, 0.3) is 0 Å². The molecule has 0 spiro atoms. The second-order valence-electron chi connectivity index (χ2n) is 5.46. The minimum atomic E-state index is -0.859. The molecule has 1 aliphatic heterocycles. The van der Waals surface area contributed by atoms with Crippen LogP contribution in [0.3, 0.4) is 0 Å². The van der Waals surface area contributed by atoms with Crippen molar-refractivity contribution in [2.24, 2.45) is 11.8 Å². The summed E-state index contributed by atoms with van der Waals surface area (Å²) in [7, 11) is 0. The Labute approximate surface area is 132 Å². The van der Waals surface area contributed by atoms with E-state index in [1.54, 1.807) is 0 Å². The van der Waals surface area contributed by atoms with Crippen LogP contribution < -0.4 is 0 Å². The number of benzene rings is 1. The van der Waals surface area contributed by atoms with E-state index in [1.807, 2.05) is 40.9 Å². The zero-order chi connectivity index (χ0) is 15.0. The molecule has 1 saturated heterocycles. The van der Waals surface area contributed by atoms with Gasteiger partial charge in [-0.3, -0.25) is 9.59 Å². The number of aliphatic carboxylic acids is 1. The van der Waals surface area contributed by atoms with Gasteiger partial charge in [0.1, 0.15) is 0 Å². The molecule has 1 saturated carbocycles. The van der Waals surface area contributed by atoms with Crippen molar-refractivity contribution in [2.75, 3.05) is 18.1 Å². The minimum absolute atomic E-state index is 0.0114. The molecule has 1 heterocycles. The van der Waals surface area contributed by atoms with Gasteiger partial charge in [0.15, 0.2) is 0 Å². The third-order valence-corrected chi connectivity index (χ3v) is 5.37. The summed E-state index contributed by atoms with van der Waals surface area (Å²) in [5.74, 6) is 0.0572. The summed E-state index contributed by atoms with van der Waals surface area (Å²) in [6.45, 7) is 0.680. The molecule has 0 aromatic heterocycles. The van der Waals surface area contributed by atoms with Crippen LogP contribution in [-0.2, 0) is 9.59 Å². The molecule has 4 nitrogen and oxygen atoms in total. The topological polar surface area (TPSA) is 57.6 Å². The molecule has 1 aliphatic carbocycles. The summed E-state index contributed by atoms with van der Waals surface area (Å²) in [5.41, 5.74) is 1.06. The molecular weight excluding hydrogens is 310 g/mol. The summed E-state index contributed by atoms with van der Waals surface area (Å²) < 4.78 is 0. The molecule has 1 aromatic carbocycles. The normalized spacial score (nSPS) is 28.2. The zero-order valence-corrected chi connectivity index (χ0v) is 12.9. The van der Waals surface area contributed by atoms with Crippen molar-refractivity contribution in [1.82, 2.24) is 4.90 Å². The van der Waals surface area contributed by atoms with Gasteiger partial charge in [-0.1, -0.05) is 23.7 Å². The fourth-order valence-corrected chi connectivity index (χ4v) is 4.00. The lowest BCUT2D eigenvalue weighted by Crippen LogP contribution is -2.42. The van der Waals surface area contributed by atoms with Crippen LogP contribution in [0.15, 0.2) is 24.3 Å². The maximum Gasteiger partial charge on any atom is 0.307 e. The smallest absolute Gasteiger partial charge is 0.307 e. The van der Waals surface area contributed by atoms with Crippen LogP contribution >= 0.6 is 23.4 Å². The molecule has 21 heavy (non-hydrogen) atoms. The minimum Gasteiger partial charge on any atom is -0.481 e. The SMILES string of the molecule is O=C(O)C1CC1C(=O)N1CCSCC1c1ccc(Cl)cc1. The predicted molar refractivity (Wildman–Crippen MR) is 82.5 cm³/mol. The monoisotopic (exact) mass is 325 g/mol. The molecule has 3 atom stereocenters. The first kappa shape index (κ1) is 14.7. The van der Waals surface area contributed by atoms with Crippen molar-refractivity contribution < 1.29 is 14.7 Å². The van der Waals surface area contributed by atoms with Gasteiger partial charge >= 0.3 is 5.97 Å². The highest BCUT2D eigenvalue weighted by Crippen LogP contribution is 2.42. The van der Waals surface area contributed by atoms with Gasteiger partial charge in [0.05, 0.1) is 17.9 Å². The largest absolute Gasteiger partial charge is 0.481 e. The molecule has 0 radical (unpaired) electrons. The number of halogens is 1. The summed E-state index contributed by atoms with van der Waals surface area (Å²) in [4.78, 5) is 25.4. The van der Waals surface area contributed by atoms with Gasteiger partial charge in [-0.2, -0.15) is 11.8 Å². The predicted octanol–water partition coefficient (Wildman–Crippen LogP) is 2.68. The lowest BCUT2D eigenvalue weighted by atomic mass is 10.1. The van der Waals surface area contributed by atoms with Crippen LogP contribution in [0.4, 0.5) is 0 Å². The highest BCUT2D eigenvalue weighted by Gasteiger charge is 2.50. The highest BCUT2D eigenvalue weighted by molar-refractivity contribution is 7.99. The second kappa shape index (κ2) is 5.89. The third-order valence-electron chi connectivity index (χ3n) is 4.09. The number of carbonyl (C=O) groups is 2. The Bertz CT molecular complexity index is 563.